The van der Waals surface area contributed by atoms with Crippen LogP contribution in [0.4, 0.5) is 0 Å². The molecule has 114 valence electrons. The minimum absolute atomic E-state index is 0.00204. The molecule has 1 fully saturated rings. The number of amides is 2. The third-order valence-electron chi connectivity index (χ3n) is 4.01. The molecule has 0 spiro atoms. The number of carbonyl (C=O) groups excluding carboxylic acids is 2. The second-order valence-electron chi connectivity index (χ2n) is 5.57. The predicted octanol–water partition coefficient (Wildman–Crippen LogP) is 2.57. The van der Waals surface area contributed by atoms with Gasteiger partial charge in [0.2, 0.25) is 11.8 Å². The number of imide groups is 1. The van der Waals surface area contributed by atoms with Crippen molar-refractivity contribution >= 4 is 11.8 Å². The maximum atomic E-state index is 12.2. The van der Waals surface area contributed by atoms with Gasteiger partial charge < -0.3 is 5.32 Å². The van der Waals surface area contributed by atoms with Crippen LogP contribution < -0.4 is 5.32 Å². The van der Waals surface area contributed by atoms with E-state index in [0.717, 1.165) is 24.9 Å². The molecule has 1 aromatic rings. The molecule has 0 bridgehead atoms. The largest absolute Gasteiger partial charge is 0.309 e. The van der Waals surface area contributed by atoms with E-state index in [1.807, 2.05) is 19.1 Å². The number of aryl methyl sites for hydroxylation is 1. The van der Waals surface area contributed by atoms with Crippen LogP contribution in [0, 0.1) is 6.92 Å². The van der Waals surface area contributed by atoms with Crippen molar-refractivity contribution in [1.82, 2.24) is 10.2 Å². The molecule has 1 aliphatic rings. The fourth-order valence-electron chi connectivity index (χ4n) is 2.84. The number of benzene rings is 1. The highest BCUT2D eigenvalue weighted by Crippen LogP contribution is 2.21. The van der Waals surface area contributed by atoms with Crippen molar-refractivity contribution in [3.05, 3.63) is 35.4 Å². The molecule has 0 aliphatic carbocycles. The van der Waals surface area contributed by atoms with Gasteiger partial charge in [0, 0.05) is 19.4 Å². The van der Waals surface area contributed by atoms with Gasteiger partial charge in [-0.25, -0.2) is 0 Å². The Kier molecular flexibility index (Phi) is 5.51. The lowest BCUT2D eigenvalue weighted by Gasteiger charge is -2.27. The molecular formula is C17H24N2O2. The zero-order valence-electron chi connectivity index (χ0n) is 12.9. The van der Waals surface area contributed by atoms with E-state index in [4.69, 9.17) is 0 Å². The van der Waals surface area contributed by atoms with Crippen LogP contribution in [0.2, 0.25) is 0 Å². The average Bonchev–Trinajstić information content (AvgIpc) is 2.62. The Hall–Kier alpha value is -1.68. The molecule has 21 heavy (non-hydrogen) atoms. The quantitative estimate of drug-likeness (QED) is 0.847. The fraction of sp³-hybridized carbons (Fsp3) is 0.529. The summed E-state index contributed by atoms with van der Waals surface area (Å²) in [6, 6.07) is 8.13. The minimum Gasteiger partial charge on any atom is -0.309 e. The van der Waals surface area contributed by atoms with Crippen molar-refractivity contribution in [2.24, 2.45) is 0 Å². The van der Waals surface area contributed by atoms with E-state index in [1.54, 1.807) is 0 Å². The van der Waals surface area contributed by atoms with Gasteiger partial charge in [-0.1, -0.05) is 31.2 Å². The Balaban J connectivity index is 2.21. The molecule has 4 heteroatoms. The van der Waals surface area contributed by atoms with Gasteiger partial charge in [-0.15, -0.1) is 0 Å². The fourth-order valence-corrected chi connectivity index (χ4v) is 2.84. The number of nitrogens with one attached hydrogen (secondary N) is 1. The van der Waals surface area contributed by atoms with Crippen LogP contribution in [0.15, 0.2) is 24.3 Å². The van der Waals surface area contributed by atoms with Gasteiger partial charge in [0.05, 0.1) is 6.04 Å². The van der Waals surface area contributed by atoms with Gasteiger partial charge in [0.15, 0.2) is 0 Å². The summed E-state index contributed by atoms with van der Waals surface area (Å²) in [5.74, 6) is -0.0667. The molecule has 0 radical (unpaired) electrons. The Bertz CT molecular complexity index is 495. The summed E-state index contributed by atoms with van der Waals surface area (Å²) in [5.41, 5.74) is 2.34. The first-order valence-corrected chi connectivity index (χ1v) is 7.75. The molecule has 1 aromatic carbocycles. The van der Waals surface area contributed by atoms with Crippen molar-refractivity contribution < 1.29 is 9.59 Å². The van der Waals surface area contributed by atoms with Crippen LogP contribution in [-0.4, -0.2) is 29.8 Å². The number of rotatable bonds is 5. The van der Waals surface area contributed by atoms with Crippen molar-refractivity contribution in [2.75, 3.05) is 13.1 Å². The van der Waals surface area contributed by atoms with Gasteiger partial charge in [-0.2, -0.15) is 0 Å². The maximum Gasteiger partial charge on any atom is 0.229 e. The first kappa shape index (κ1) is 15.7. The molecule has 2 amide bonds. The second-order valence-corrected chi connectivity index (χ2v) is 5.57. The topological polar surface area (TPSA) is 49.4 Å². The lowest BCUT2D eigenvalue weighted by Crippen LogP contribution is -2.42. The van der Waals surface area contributed by atoms with E-state index in [9.17, 15) is 9.59 Å². The van der Waals surface area contributed by atoms with E-state index in [-0.39, 0.29) is 17.9 Å². The summed E-state index contributed by atoms with van der Waals surface area (Å²) in [6.45, 7) is 5.33. The van der Waals surface area contributed by atoms with Gasteiger partial charge in [-0.3, -0.25) is 14.5 Å². The van der Waals surface area contributed by atoms with Crippen LogP contribution >= 0.6 is 0 Å². The molecule has 4 nitrogen and oxygen atoms in total. The first-order valence-electron chi connectivity index (χ1n) is 7.75. The summed E-state index contributed by atoms with van der Waals surface area (Å²) in [7, 11) is 0. The Morgan fingerprint density at radius 2 is 1.76 bits per heavy atom. The molecule has 1 saturated heterocycles. The first-order chi connectivity index (χ1) is 10.1. The number of likely N-dealkylation sites (N-methyl/N-ethyl adjacent to an activating group) is 1. The zero-order valence-corrected chi connectivity index (χ0v) is 12.9. The van der Waals surface area contributed by atoms with Crippen LogP contribution in [0.5, 0.6) is 0 Å². The van der Waals surface area contributed by atoms with E-state index >= 15 is 0 Å². The lowest BCUT2D eigenvalue weighted by molar-refractivity contribution is -0.144. The van der Waals surface area contributed by atoms with Gasteiger partial charge >= 0.3 is 0 Å². The highest BCUT2D eigenvalue weighted by Gasteiger charge is 2.27. The van der Waals surface area contributed by atoms with Crippen molar-refractivity contribution in [1.29, 1.82) is 0 Å². The van der Waals surface area contributed by atoms with Gasteiger partial charge in [0.25, 0.3) is 0 Å². The zero-order chi connectivity index (χ0) is 15.2. The summed E-state index contributed by atoms with van der Waals surface area (Å²) in [6.07, 6.45) is 2.60. The van der Waals surface area contributed by atoms with Crippen molar-refractivity contribution in [2.45, 2.75) is 45.6 Å². The third kappa shape index (κ3) is 3.91. The normalized spacial score (nSPS) is 17.7. The van der Waals surface area contributed by atoms with Gasteiger partial charge in [-0.05, 0) is 37.4 Å². The summed E-state index contributed by atoms with van der Waals surface area (Å²) in [4.78, 5) is 25.8. The monoisotopic (exact) mass is 288 g/mol. The number of hydrogen-bond donors (Lipinski definition) is 1. The molecule has 1 heterocycles. The Morgan fingerprint density at radius 3 is 2.33 bits per heavy atom. The molecule has 0 saturated carbocycles. The van der Waals surface area contributed by atoms with Crippen LogP contribution in [-0.2, 0) is 9.59 Å². The standard InChI is InChI=1S/C17H24N2O2/c1-3-18-15(14-9-5-4-8-13(14)2)12-19-16(20)10-6-7-11-17(19)21/h4-5,8-9,15,18H,3,6-7,10-12H2,1-2H3. The van der Waals surface area contributed by atoms with E-state index in [1.165, 1.54) is 10.5 Å². The number of hydrogen-bond acceptors (Lipinski definition) is 3. The van der Waals surface area contributed by atoms with Crippen LogP contribution in [0.3, 0.4) is 0 Å². The van der Waals surface area contributed by atoms with E-state index in [2.05, 4.69) is 24.4 Å². The van der Waals surface area contributed by atoms with E-state index in [0.29, 0.717) is 19.4 Å². The minimum atomic E-state index is -0.0333. The molecule has 1 aliphatic heterocycles. The third-order valence-corrected chi connectivity index (χ3v) is 4.01. The number of nitrogens with zero attached hydrogens (tertiary/aromatic N) is 1. The predicted molar refractivity (Wildman–Crippen MR) is 82.8 cm³/mol. The highest BCUT2D eigenvalue weighted by molar-refractivity contribution is 5.96. The molecule has 1 unspecified atom stereocenters. The van der Waals surface area contributed by atoms with Crippen LogP contribution in [0.1, 0.15) is 49.8 Å². The molecule has 1 atom stereocenters. The lowest BCUT2D eigenvalue weighted by atomic mass is 10.0. The number of likely N-dealkylation sites (tertiary alicyclic amines) is 1. The average molecular weight is 288 g/mol. The number of carbonyl (C=O) groups is 2. The summed E-state index contributed by atoms with van der Waals surface area (Å²) in [5, 5.41) is 3.40. The Labute approximate surface area is 126 Å². The van der Waals surface area contributed by atoms with Gasteiger partial charge in [0.1, 0.15) is 0 Å². The second kappa shape index (κ2) is 7.36. The van der Waals surface area contributed by atoms with Crippen LogP contribution in [0.25, 0.3) is 0 Å². The summed E-state index contributed by atoms with van der Waals surface area (Å²) < 4.78 is 0. The molecular weight excluding hydrogens is 264 g/mol. The molecule has 0 aromatic heterocycles. The molecule has 2 rings (SSSR count). The summed E-state index contributed by atoms with van der Waals surface area (Å²) >= 11 is 0. The van der Waals surface area contributed by atoms with E-state index < -0.39 is 0 Å². The highest BCUT2D eigenvalue weighted by atomic mass is 16.2. The van der Waals surface area contributed by atoms with Crippen molar-refractivity contribution in [3.8, 4) is 0 Å². The smallest absolute Gasteiger partial charge is 0.229 e. The molecule has 1 N–H and O–H groups in total. The Morgan fingerprint density at radius 1 is 1.14 bits per heavy atom. The maximum absolute atomic E-state index is 12.2. The van der Waals surface area contributed by atoms with Crippen molar-refractivity contribution in [3.63, 3.8) is 0 Å². The SMILES string of the molecule is CCNC(CN1C(=O)CCCCC1=O)c1ccccc1C.